The minimum Gasteiger partial charge on any atom is -0.380 e. The van der Waals surface area contributed by atoms with E-state index >= 15 is 0 Å². The van der Waals surface area contributed by atoms with Crippen molar-refractivity contribution in [3.05, 3.63) is 16.1 Å². The normalized spacial score (nSPS) is 24.4. The maximum Gasteiger partial charge on any atom is 0.107 e. The van der Waals surface area contributed by atoms with Crippen molar-refractivity contribution in [2.75, 3.05) is 20.2 Å². The fourth-order valence-corrected chi connectivity index (χ4v) is 3.35. The second-order valence-electron chi connectivity index (χ2n) is 7.11. The van der Waals surface area contributed by atoms with E-state index in [1.807, 2.05) is 7.11 Å². The molecule has 4 nitrogen and oxygen atoms in total. The SMILES string of the molecule is COC1CN(Cc2csc(CNC(C)(C)C)n2)CCC1C. The van der Waals surface area contributed by atoms with E-state index < -0.39 is 0 Å². The topological polar surface area (TPSA) is 37.4 Å². The molecule has 1 aliphatic rings. The lowest BCUT2D eigenvalue weighted by Crippen LogP contribution is -2.43. The first-order chi connectivity index (χ1) is 9.87. The molecule has 2 rings (SSSR count). The van der Waals surface area contributed by atoms with Gasteiger partial charge in [0.1, 0.15) is 5.01 Å². The van der Waals surface area contributed by atoms with Crippen LogP contribution < -0.4 is 5.32 Å². The van der Waals surface area contributed by atoms with E-state index in [0.717, 1.165) is 26.2 Å². The zero-order valence-corrected chi connectivity index (χ0v) is 14.8. The van der Waals surface area contributed by atoms with Gasteiger partial charge >= 0.3 is 0 Å². The van der Waals surface area contributed by atoms with Crippen LogP contribution in [0.3, 0.4) is 0 Å². The van der Waals surface area contributed by atoms with Crippen LogP contribution in [0.1, 0.15) is 44.8 Å². The summed E-state index contributed by atoms with van der Waals surface area (Å²) in [6.07, 6.45) is 1.57. The number of nitrogens with zero attached hydrogens (tertiary/aromatic N) is 2. The summed E-state index contributed by atoms with van der Waals surface area (Å²) in [4.78, 5) is 7.21. The van der Waals surface area contributed by atoms with Gasteiger partial charge in [0.05, 0.1) is 11.8 Å². The standard InChI is InChI=1S/C16H29N3OS/c1-12-6-7-19(10-14(12)20-5)9-13-11-21-15(18-13)8-17-16(2,3)4/h11-12,14,17H,6-10H2,1-5H3. The quantitative estimate of drug-likeness (QED) is 0.907. The van der Waals surface area contributed by atoms with Crippen LogP contribution in [0.2, 0.25) is 0 Å². The Labute approximate surface area is 132 Å². The molecule has 0 spiro atoms. The second-order valence-corrected chi connectivity index (χ2v) is 8.05. The molecule has 0 amide bonds. The highest BCUT2D eigenvalue weighted by atomic mass is 32.1. The van der Waals surface area contributed by atoms with Crippen LogP contribution in [0, 0.1) is 5.92 Å². The van der Waals surface area contributed by atoms with Crippen LogP contribution in [-0.4, -0.2) is 41.7 Å². The fourth-order valence-electron chi connectivity index (χ4n) is 2.62. The van der Waals surface area contributed by atoms with Crippen LogP contribution in [0.25, 0.3) is 0 Å². The van der Waals surface area contributed by atoms with Crippen LogP contribution in [0.4, 0.5) is 0 Å². The molecule has 120 valence electrons. The van der Waals surface area contributed by atoms with Crippen LogP contribution in [0.5, 0.6) is 0 Å². The van der Waals surface area contributed by atoms with Gasteiger partial charge in [0.15, 0.2) is 0 Å². The number of methoxy groups -OCH3 is 1. The predicted octanol–water partition coefficient (Wildman–Crippen LogP) is 2.89. The molecule has 2 atom stereocenters. The molecule has 21 heavy (non-hydrogen) atoms. The minimum atomic E-state index is 0.139. The summed E-state index contributed by atoms with van der Waals surface area (Å²) in [7, 11) is 1.82. The van der Waals surface area contributed by atoms with Gasteiger partial charge in [-0.1, -0.05) is 6.92 Å². The summed E-state index contributed by atoms with van der Waals surface area (Å²) < 4.78 is 5.58. The van der Waals surface area contributed by atoms with E-state index in [1.165, 1.54) is 17.1 Å². The van der Waals surface area contributed by atoms with Gasteiger partial charge < -0.3 is 10.1 Å². The first-order valence-electron chi connectivity index (χ1n) is 7.81. The molecule has 0 saturated carbocycles. The van der Waals surface area contributed by atoms with E-state index in [2.05, 4.69) is 43.3 Å². The average Bonchev–Trinajstić information content (AvgIpc) is 2.85. The van der Waals surface area contributed by atoms with Crippen molar-refractivity contribution < 1.29 is 4.74 Å². The van der Waals surface area contributed by atoms with Gasteiger partial charge in [-0.15, -0.1) is 11.3 Å². The maximum atomic E-state index is 5.58. The smallest absolute Gasteiger partial charge is 0.107 e. The van der Waals surface area contributed by atoms with E-state index in [9.17, 15) is 0 Å². The van der Waals surface area contributed by atoms with Gasteiger partial charge in [-0.25, -0.2) is 4.98 Å². The Morgan fingerprint density at radius 3 is 2.90 bits per heavy atom. The Kier molecular flexibility index (Phi) is 5.77. The van der Waals surface area contributed by atoms with E-state index in [-0.39, 0.29) is 5.54 Å². The summed E-state index contributed by atoms with van der Waals surface area (Å²) in [6.45, 7) is 12.8. The van der Waals surface area contributed by atoms with Crippen LogP contribution >= 0.6 is 11.3 Å². The average molecular weight is 311 g/mol. The van der Waals surface area contributed by atoms with Gasteiger partial charge in [0.2, 0.25) is 0 Å². The van der Waals surface area contributed by atoms with Gasteiger partial charge in [0.25, 0.3) is 0 Å². The van der Waals surface area contributed by atoms with Crippen molar-refractivity contribution in [3.63, 3.8) is 0 Å². The number of nitrogens with one attached hydrogen (secondary N) is 1. The number of hydrogen-bond acceptors (Lipinski definition) is 5. The minimum absolute atomic E-state index is 0.139. The highest BCUT2D eigenvalue weighted by molar-refractivity contribution is 7.09. The van der Waals surface area contributed by atoms with Gasteiger partial charge in [-0.3, -0.25) is 4.90 Å². The van der Waals surface area contributed by atoms with Crippen molar-refractivity contribution >= 4 is 11.3 Å². The third-order valence-corrected chi connectivity index (χ3v) is 4.93. The molecule has 1 aromatic heterocycles. The third-order valence-electron chi connectivity index (χ3n) is 4.03. The summed E-state index contributed by atoms with van der Waals surface area (Å²) >= 11 is 1.75. The summed E-state index contributed by atoms with van der Waals surface area (Å²) in [5.74, 6) is 0.660. The number of piperidine rings is 1. The molecule has 0 radical (unpaired) electrons. The number of thiazole rings is 1. The molecule has 0 aromatic carbocycles. The molecule has 5 heteroatoms. The second kappa shape index (κ2) is 7.18. The Balaban J connectivity index is 1.85. The molecule has 1 fully saturated rings. The molecule has 1 aromatic rings. The summed E-state index contributed by atoms with van der Waals surface area (Å²) in [5.41, 5.74) is 1.33. The lowest BCUT2D eigenvalue weighted by molar-refractivity contribution is -0.00775. The summed E-state index contributed by atoms with van der Waals surface area (Å²) in [5, 5.41) is 6.86. The zero-order chi connectivity index (χ0) is 15.5. The van der Waals surface area contributed by atoms with Crippen molar-refractivity contribution in [2.45, 2.75) is 58.8 Å². The molecule has 0 aliphatic carbocycles. The number of hydrogen-bond donors (Lipinski definition) is 1. The maximum absolute atomic E-state index is 5.58. The van der Waals surface area contributed by atoms with E-state index in [0.29, 0.717) is 12.0 Å². The molecule has 1 N–H and O–H groups in total. The van der Waals surface area contributed by atoms with Crippen LogP contribution in [-0.2, 0) is 17.8 Å². The largest absolute Gasteiger partial charge is 0.380 e. The van der Waals surface area contributed by atoms with Gasteiger partial charge in [-0.2, -0.15) is 0 Å². The molecule has 2 heterocycles. The van der Waals surface area contributed by atoms with E-state index in [4.69, 9.17) is 9.72 Å². The Morgan fingerprint density at radius 2 is 2.24 bits per heavy atom. The molecular weight excluding hydrogens is 282 g/mol. The highest BCUT2D eigenvalue weighted by Gasteiger charge is 2.26. The van der Waals surface area contributed by atoms with E-state index in [1.54, 1.807) is 11.3 Å². The van der Waals surface area contributed by atoms with Gasteiger partial charge in [-0.05, 0) is 39.7 Å². The first-order valence-corrected chi connectivity index (χ1v) is 8.69. The first kappa shape index (κ1) is 16.9. The Bertz CT molecular complexity index is 441. The third kappa shape index (κ3) is 5.33. The lowest BCUT2D eigenvalue weighted by atomic mass is 9.96. The van der Waals surface area contributed by atoms with Crippen molar-refractivity contribution in [3.8, 4) is 0 Å². The zero-order valence-electron chi connectivity index (χ0n) is 14.0. The number of ether oxygens (including phenoxy) is 1. The lowest BCUT2D eigenvalue weighted by Gasteiger charge is -2.35. The van der Waals surface area contributed by atoms with Crippen molar-refractivity contribution in [2.24, 2.45) is 5.92 Å². The van der Waals surface area contributed by atoms with Crippen molar-refractivity contribution in [1.29, 1.82) is 0 Å². The molecular formula is C16H29N3OS. The Morgan fingerprint density at radius 1 is 1.48 bits per heavy atom. The fraction of sp³-hybridized carbons (Fsp3) is 0.812. The molecule has 1 saturated heterocycles. The predicted molar refractivity (Wildman–Crippen MR) is 88.6 cm³/mol. The van der Waals surface area contributed by atoms with Crippen molar-refractivity contribution in [1.82, 2.24) is 15.2 Å². The van der Waals surface area contributed by atoms with Crippen LogP contribution in [0.15, 0.2) is 5.38 Å². The molecule has 1 aliphatic heterocycles. The number of rotatable bonds is 5. The summed E-state index contributed by atoms with van der Waals surface area (Å²) in [6, 6.07) is 0. The highest BCUT2D eigenvalue weighted by Crippen LogP contribution is 2.21. The Hall–Kier alpha value is -0.490. The van der Waals surface area contributed by atoms with Gasteiger partial charge in [0, 0.05) is 37.7 Å². The monoisotopic (exact) mass is 311 g/mol. The number of likely N-dealkylation sites (tertiary alicyclic amines) is 1. The number of aromatic nitrogens is 1. The molecule has 0 bridgehead atoms. The molecule has 2 unspecified atom stereocenters.